The van der Waals surface area contributed by atoms with Gasteiger partial charge in [0.2, 0.25) is 5.91 Å². The number of hydrogen-bond donors (Lipinski definition) is 1. The molecular weight excluding hydrogens is 260 g/mol. The second kappa shape index (κ2) is 5.83. The first-order chi connectivity index (χ1) is 10.2. The normalized spacial score (nSPS) is 10.7. The molecule has 0 spiro atoms. The van der Waals surface area contributed by atoms with Crippen LogP contribution in [0.2, 0.25) is 0 Å². The van der Waals surface area contributed by atoms with Gasteiger partial charge in [-0.15, -0.1) is 0 Å². The molecule has 2 aromatic carbocycles. The van der Waals surface area contributed by atoms with Gasteiger partial charge in [0.1, 0.15) is 6.54 Å². The van der Waals surface area contributed by atoms with Crippen LogP contribution in [0, 0.1) is 6.92 Å². The molecule has 0 radical (unpaired) electrons. The summed E-state index contributed by atoms with van der Waals surface area (Å²) in [7, 11) is 0. The molecule has 3 rings (SSSR count). The van der Waals surface area contributed by atoms with Crippen molar-refractivity contribution in [3.63, 3.8) is 0 Å². The Morgan fingerprint density at radius 2 is 1.76 bits per heavy atom. The van der Waals surface area contributed by atoms with E-state index in [1.54, 1.807) is 0 Å². The van der Waals surface area contributed by atoms with E-state index in [0.29, 0.717) is 13.1 Å². The highest BCUT2D eigenvalue weighted by atomic mass is 16.1. The van der Waals surface area contributed by atoms with Crippen LogP contribution >= 0.6 is 0 Å². The van der Waals surface area contributed by atoms with Gasteiger partial charge in [0.25, 0.3) is 0 Å². The number of carbonyl (C=O) groups excluding carboxylic acids is 1. The van der Waals surface area contributed by atoms with Crippen LogP contribution in [0.15, 0.2) is 60.7 Å². The van der Waals surface area contributed by atoms with Gasteiger partial charge in [-0.2, -0.15) is 0 Å². The van der Waals surface area contributed by atoms with E-state index in [4.69, 9.17) is 0 Å². The summed E-state index contributed by atoms with van der Waals surface area (Å²) in [5.41, 5.74) is 3.32. The van der Waals surface area contributed by atoms with E-state index < -0.39 is 0 Å². The van der Waals surface area contributed by atoms with Crippen LogP contribution in [0.5, 0.6) is 0 Å². The van der Waals surface area contributed by atoms with E-state index in [-0.39, 0.29) is 5.91 Å². The number of amides is 1. The molecule has 0 unspecified atom stereocenters. The molecule has 3 aromatic rings. The lowest BCUT2D eigenvalue weighted by Crippen LogP contribution is -2.27. The number of rotatable bonds is 4. The van der Waals surface area contributed by atoms with Crippen LogP contribution in [0.25, 0.3) is 10.9 Å². The Balaban J connectivity index is 1.70. The summed E-state index contributed by atoms with van der Waals surface area (Å²) in [6.07, 6.45) is 0. The molecule has 0 aliphatic heterocycles. The second-order valence-electron chi connectivity index (χ2n) is 5.19. The van der Waals surface area contributed by atoms with E-state index in [0.717, 1.165) is 16.8 Å². The Morgan fingerprint density at radius 3 is 2.57 bits per heavy atom. The fourth-order valence-electron chi connectivity index (χ4n) is 2.55. The predicted molar refractivity (Wildman–Crippen MR) is 85.0 cm³/mol. The average Bonchev–Trinajstić information content (AvgIpc) is 2.82. The van der Waals surface area contributed by atoms with Gasteiger partial charge in [-0.05, 0) is 30.0 Å². The standard InChI is InChI=1S/C18H18N2O/c1-14-11-16-9-5-6-10-17(16)20(14)13-18(21)19-12-15-7-3-2-4-8-15/h2-11H,12-13H2,1H3,(H,19,21). The quantitative estimate of drug-likeness (QED) is 0.781. The van der Waals surface area contributed by atoms with Crippen molar-refractivity contribution < 1.29 is 4.79 Å². The van der Waals surface area contributed by atoms with E-state index in [2.05, 4.69) is 22.0 Å². The number of hydrogen-bond acceptors (Lipinski definition) is 1. The number of aromatic nitrogens is 1. The third-order valence-corrected chi connectivity index (χ3v) is 3.65. The number of carbonyl (C=O) groups is 1. The third-order valence-electron chi connectivity index (χ3n) is 3.65. The van der Waals surface area contributed by atoms with Crippen molar-refractivity contribution in [1.82, 2.24) is 9.88 Å². The topological polar surface area (TPSA) is 34.0 Å². The number of fused-ring (bicyclic) bond motifs is 1. The summed E-state index contributed by atoms with van der Waals surface area (Å²) in [5.74, 6) is 0.0308. The zero-order chi connectivity index (χ0) is 14.7. The van der Waals surface area contributed by atoms with Crippen LogP contribution < -0.4 is 5.32 Å². The molecule has 0 aliphatic carbocycles. The molecule has 0 fully saturated rings. The average molecular weight is 278 g/mol. The first-order valence-electron chi connectivity index (χ1n) is 7.09. The molecule has 1 amide bonds. The van der Waals surface area contributed by atoms with Gasteiger partial charge in [0.05, 0.1) is 0 Å². The Morgan fingerprint density at radius 1 is 1.05 bits per heavy atom. The molecular formula is C18H18N2O. The number of para-hydroxylation sites is 1. The summed E-state index contributed by atoms with van der Waals surface area (Å²) in [5, 5.41) is 4.14. The highest BCUT2D eigenvalue weighted by Crippen LogP contribution is 2.18. The minimum atomic E-state index is 0.0308. The molecule has 21 heavy (non-hydrogen) atoms. The van der Waals surface area contributed by atoms with Crippen molar-refractivity contribution in [2.24, 2.45) is 0 Å². The van der Waals surface area contributed by atoms with Crippen LogP contribution in [-0.2, 0) is 17.9 Å². The first-order valence-corrected chi connectivity index (χ1v) is 7.09. The molecule has 1 aromatic heterocycles. The van der Waals surface area contributed by atoms with E-state index in [1.807, 2.05) is 55.5 Å². The highest BCUT2D eigenvalue weighted by Gasteiger charge is 2.09. The molecule has 106 valence electrons. The zero-order valence-corrected chi connectivity index (χ0v) is 12.0. The monoisotopic (exact) mass is 278 g/mol. The van der Waals surface area contributed by atoms with E-state index in [1.165, 1.54) is 5.39 Å². The minimum absolute atomic E-state index is 0.0308. The summed E-state index contributed by atoms with van der Waals surface area (Å²) >= 11 is 0. The number of nitrogens with zero attached hydrogens (tertiary/aromatic N) is 1. The van der Waals surface area contributed by atoms with Crippen LogP contribution in [0.3, 0.4) is 0 Å². The Bertz CT molecular complexity index is 759. The summed E-state index contributed by atoms with van der Waals surface area (Å²) in [6, 6.07) is 20.2. The van der Waals surface area contributed by atoms with Gasteiger partial charge in [0, 0.05) is 17.8 Å². The fraction of sp³-hybridized carbons (Fsp3) is 0.167. The lowest BCUT2D eigenvalue weighted by molar-refractivity contribution is -0.121. The van der Waals surface area contributed by atoms with Gasteiger partial charge < -0.3 is 9.88 Å². The van der Waals surface area contributed by atoms with Crippen LogP contribution in [0.4, 0.5) is 0 Å². The Kier molecular flexibility index (Phi) is 3.73. The first kappa shape index (κ1) is 13.4. The largest absolute Gasteiger partial charge is 0.350 e. The van der Waals surface area contributed by atoms with Gasteiger partial charge in [-0.25, -0.2) is 0 Å². The Labute approximate surface area is 124 Å². The molecule has 1 N–H and O–H groups in total. The predicted octanol–water partition coefficient (Wildman–Crippen LogP) is 3.27. The number of nitrogens with one attached hydrogen (secondary N) is 1. The SMILES string of the molecule is Cc1cc2ccccc2n1CC(=O)NCc1ccccc1. The Hall–Kier alpha value is -2.55. The highest BCUT2D eigenvalue weighted by molar-refractivity contribution is 5.84. The molecule has 1 heterocycles. The van der Waals surface area contributed by atoms with Gasteiger partial charge in [-0.1, -0.05) is 48.5 Å². The van der Waals surface area contributed by atoms with E-state index in [9.17, 15) is 4.79 Å². The summed E-state index contributed by atoms with van der Waals surface area (Å²) < 4.78 is 2.05. The summed E-state index contributed by atoms with van der Waals surface area (Å²) in [4.78, 5) is 12.1. The molecule has 0 atom stereocenters. The van der Waals surface area contributed by atoms with Crippen molar-refractivity contribution in [2.45, 2.75) is 20.0 Å². The van der Waals surface area contributed by atoms with Crippen molar-refractivity contribution in [3.05, 3.63) is 71.9 Å². The lowest BCUT2D eigenvalue weighted by atomic mass is 10.2. The molecule has 3 heteroatoms. The van der Waals surface area contributed by atoms with Crippen LogP contribution in [-0.4, -0.2) is 10.5 Å². The van der Waals surface area contributed by atoms with Crippen molar-refractivity contribution in [2.75, 3.05) is 0 Å². The minimum Gasteiger partial charge on any atom is -0.350 e. The maximum Gasteiger partial charge on any atom is 0.240 e. The molecule has 3 nitrogen and oxygen atoms in total. The zero-order valence-electron chi connectivity index (χ0n) is 12.0. The summed E-state index contributed by atoms with van der Waals surface area (Å²) in [6.45, 7) is 2.95. The van der Waals surface area contributed by atoms with Crippen LogP contribution in [0.1, 0.15) is 11.3 Å². The third kappa shape index (κ3) is 2.97. The molecule has 0 aliphatic rings. The smallest absolute Gasteiger partial charge is 0.240 e. The van der Waals surface area contributed by atoms with Gasteiger partial charge >= 0.3 is 0 Å². The number of aryl methyl sites for hydroxylation is 1. The molecule has 0 saturated heterocycles. The van der Waals surface area contributed by atoms with Gasteiger partial charge in [-0.3, -0.25) is 4.79 Å². The molecule has 0 bridgehead atoms. The number of benzene rings is 2. The van der Waals surface area contributed by atoms with Crippen molar-refractivity contribution >= 4 is 16.8 Å². The van der Waals surface area contributed by atoms with Gasteiger partial charge in [0.15, 0.2) is 0 Å². The van der Waals surface area contributed by atoms with Crippen molar-refractivity contribution in [1.29, 1.82) is 0 Å². The lowest BCUT2D eigenvalue weighted by Gasteiger charge is -2.09. The van der Waals surface area contributed by atoms with E-state index >= 15 is 0 Å². The second-order valence-corrected chi connectivity index (χ2v) is 5.19. The maximum absolute atomic E-state index is 12.1. The maximum atomic E-state index is 12.1. The van der Waals surface area contributed by atoms with Crippen molar-refractivity contribution in [3.8, 4) is 0 Å². The molecule has 0 saturated carbocycles. The fourth-order valence-corrected chi connectivity index (χ4v) is 2.55.